The van der Waals surface area contributed by atoms with Gasteiger partial charge in [-0.3, -0.25) is 5.32 Å². The number of para-hydroxylation sites is 1. The van der Waals surface area contributed by atoms with Crippen LogP contribution in [-0.4, -0.2) is 23.5 Å². The molecule has 1 fully saturated rings. The molecule has 0 aromatic heterocycles. The van der Waals surface area contributed by atoms with Gasteiger partial charge in [-0.25, -0.2) is 0 Å². The molecule has 0 saturated heterocycles. The molecule has 4 N–H and O–H groups in total. The van der Waals surface area contributed by atoms with E-state index >= 15 is 0 Å². The summed E-state index contributed by atoms with van der Waals surface area (Å²) in [6, 6.07) is 16.8. The molecule has 0 bridgehead atoms. The summed E-state index contributed by atoms with van der Waals surface area (Å²) >= 11 is 0. The molecule has 1 atom stereocenters. The van der Waals surface area contributed by atoms with Gasteiger partial charge in [0.2, 0.25) is 0 Å². The lowest BCUT2D eigenvalue weighted by Crippen LogP contribution is -2.53. The van der Waals surface area contributed by atoms with Crippen LogP contribution in [0.3, 0.4) is 0 Å². The maximum atomic E-state index is 11.1. The monoisotopic (exact) mass is 487 g/mol. The van der Waals surface area contributed by atoms with Crippen molar-refractivity contribution >= 4 is 11.3 Å². The third kappa shape index (κ3) is 6.89. The maximum Gasteiger partial charge on any atom is 0.181 e. The van der Waals surface area contributed by atoms with E-state index in [1.165, 1.54) is 24.0 Å². The molecule has 0 amide bonds. The average molecular weight is 488 g/mol. The Balaban J connectivity index is 1.82. The van der Waals surface area contributed by atoms with Crippen molar-refractivity contribution in [1.82, 2.24) is 10.6 Å². The standard InChI is InChI=1S/C32H45N3O/c1-7-15-29(26(8-2)25-16-10-9-11-17-25)35-32(20-12-13-21-32)22-33-31(36)34-30-27(23(3)4)18-14-19-28(30)24(5)6/h7-11,14-19,23-24,31,33-36H,2,12-13,20-22H2,1,3-6H3/b15-7-,29-26-/t31-/m0/s1. The van der Waals surface area contributed by atoms with Gasteiger partial charge >= 0.3 is 0 Å². The number of anilines is 1. The molecule has 2 aromatic carbocycles. The van der Waals surface area contributed by atoms with E-state index in [1.807, 2.05) is 19.1 Å². The van der Waals surface area contributed by atoms with Gasteiger partial charge < -0.3 is 15.7 Å². The summed E-state index contributed by atoms with van der Waals surface area (Å²) < 4.78 is 0. The maximum absolute atomic E-state index is 11.1. The fourth-order valence-electron chi connectivity index (χ4n) is 5.25. The van der Waals surface area contributed by atoms with Gasteiger partial charge in [0, 0.05) is 29.0 Å². The van der Waals surface area contributed by atoms with Crippen molar-refractivity contribution in [2.75, 3.05) is 11.9 Å². The van der Waals surface area contributed by atoms with Crippen molar-refractivity contribution in [1.29, 1.82) is 0 Å². The fourth-order valence-corrected chi connectivity index (χ4v) is 5.25. The Labute approximate surface area is 218 Å². The molecule has 4 heteroatoms. The summed E-state index contributed by atoms with van der Waals surface area (Å²) in [6.07, 6.45) is 9.72. The highest BCUT2D eigenvalue weighted by atomic mass is 16.3. The van der Waals surface area contributed by atoms with Crippen molar-refractivity contribution in [2.24, 2.45) is 0 Å². The van der Waals surface area contributed by atoms with E-state index in [9.17, 15) is 5.11 Å². The first-order chi connectivity index (χ1) is 17.3. The van der Waals surface area contributed by atoms with E-state index in [4.69, 9.17) is 0 Å². The van der Waals surface area contributed by atoms with Crippen molar-refractivity contribution in [3.8, 4) is 0 Å². The summed E-state index contributed by atoms with van der Waals surface area (Å²) in [5.74, 6) is 0.732. The van der Waals surface area contributed by atoms with Gasteiger partial charge in [0.25, 0.3) is 0 Å². The number of aliphatic hydroxyl groups excluding tert-OH is 1. The van der Waals surface area contributed by atoms with E-state index in [0.29, 0.717) is 18.4 Å². The summed E-state index contributed by atoms with van der Waals surface area (Å²) in [7, 11) is 0. The van der Waals surface area contributed by atoms with E-state index < -0.39 is 6.35 Å². The number of rotatable bonds is 12. The molecule has 3 rings (SSSR count). The van der Waals surface area contributed by atoms with Crippen LogP contribution in [0.5, 0.6) is 0 Å². The molecular formula is C32H45N3O. The molecule has 0 spiro atoms. The summed E-state index contributed by atoms with van der Waals surface area (Å²) in [5, 5.41) is 21.7. The second-order valence-electron chi connectivity index (χ2n) is 10.6. The quantitative estimate of drug-likeness (QED) is 0.188. The molecule has 36 heavy (non-hydrogen) atoms. The Bertz CT molecular complexity index is 1020. The number of aliphatic hydroxyl groups is 1. The number of nitrogens with one attached hydrogen (secondary N) is 3. The number of hydrogen-bond acceptors (Lipinski definition) is 4. The Kier molecular flexibility index (Phi) is 9.98. The first kappa shape index (κ1) is 27.8. The molecule has 2 aromatic rings. The second kappa shape index (κ2) is 12.9. The minimum atomic E-state index is -0.844. The van der Waals surface area contributed by atoms with Crippen LogP contribution in [0.1, 0.15) is 88.8 Å². The van der Waals surface area contributed by atoms with E-state index in [0.717, 1.165) is 35.4 Å². The predicted molar refractivity (Wildman–Crippen MR) is 155 cm³/mol. The van der Waals surface area contributed by atoms with Crippen LogP contribution in [0.2, 0.25) is 0 Å². The average Bonchev–Trinajstić information content (AvgIpc) is 3.32. The molecule has 1 saturated carbocycles. The highest BCUT2D eigenvalue weighted by molar-refractivity contribution is 5.77. The van der Waals surface area contributed by atoms with Crippen molar-refractivity contribution in [2.45, 2.75) is 84.0 Å². The Morgan fingerprint density at radius 3 is 2.11 bits per heavy atom. The molecule has 1 aliphatic carbocycles. The number of hydrogen-bond donors (Lipinski definition) is 4. The zero-order valence-corrected chi connectivity index (χ0v) is 22.8. The molecule has 0 unspecified atom stereocenters. The van der Waals surface area contributed by atoms with Gasteiger partial charge in [0.05, 0.1) is 0 Å². The molecule has 1 aliphatic rings. The highest BCUT2D eigenvalue weighted by Crippen LogP contribution is 2.34. The third-order valence-electron chi connectivity index (χ3n) is 7.16. The molecule has 0 aliphatic heterocycles. The molecule has 4 nitrogen and oxygen atoms in total. The van der Waals surface area contributed by atoms with Gasteiger partial charge in [-0.2, -0.15) is 0 Å². The molecule has 194 valence electrons. The van der Waals surface area contributed by atoms with Gasteiger partial charge in [-0.05, 0) is 54.4 Å². The fraction of sp³-hybridized carbons (Fsp3) is 0.438. The molecule has 0 radical (unpaired) electrons. The lowest BCUT2D eigenvalue weighted by Gasteiger charge is -2.35. The smallest absolute Gasteiger partial charge is 0.181 e. The largest absolute Gasteiger partial charge is 0.378 e. The number of allylic oxidation sites excluding steroid dienone is 4. The van der Waals surface area contributed by atoms with Crippen LogP contribution < -0.4 is 16.0 Å². The topological polar surface area (TPSA) is 56.3 Å². The van der Waals surface area contributed by atoms with Crippen LogP contribution in [-0.2, 0) is 0 Å². The summed E-state index contributed by atoms with van der Waals surface area (Å²) in [5.41, 5.74) is 6.66. The van der Waals surface area contributed by atoms with Crippen LogP contribution in [0.15, 0.2) is 79.0 Å². The van der Waals surface area contributed by atoms with Crippen LogP contribution in [0.4, 0.5) is 5.69 Å². The zero-order valence-electron chi connectivity index (χ0n) is 22.8. The minimum absolute atomic E-state index is 0.140. The van der Waals surface area contributed by atoms with Gasteiger partial charge in [-0.15, -0.1) is 0 Å². The lowest BCUT2D eigenvalue weighted by atomic mass is 9.92. The third-order valence-corrected chi connectivity index (χ3v) is 7.16. The van der Waals surface area contributed by atoms with Gasteiger partial charge in [0.1, 0.15) is 0 Å². The van der Waals surface area contributed by atoms with E-state index in [2.05, 4.69) is 105 Å². The SMILES string of the molecule is C=C/C(=C(\C=C/C)NC1(CN[C@H](O)Nc2c(C(C)C)cccc2C(C)C)CCCC1)c1ccccc1. The molecule has 0 heterocycles. The summed E-state index contributed by atoms with van der Waals surface area (Å²) in [4.78, 5) is 0. The Morgan fingerprint density at radius 2 is 1.58 bits per heavy atom. The second-order valence-corrected chi connectivity index (χ2v) is 10.6. The summed E-state index contributed by atoms with van der Waals surface area (Å²) in [6.45, 7) is 15.6. The Hall–Kier alpha value is -2.82. The first-order valence-corrected chi connectivity index (χ1v) is 13.4. The number of benzene rings is 2. The van der Waals surface area contributed by atoms with E-state index in [1.54, 1.807) is 0 Å². The minimum Gasteiger partial charge on any atom is -0.378 e. The van der Waals surface area contributed by atoms with Gasteiger partial charge in [-0.1, -0.05) is 108 Å². The zero-order chi connectivity index (χ0) is 26.1. The van der Waals surface area contributed by atoms with Crippen LogP contribution >= 0.6 is 0 Å². The van der Waals surface area contributed by atoms with Gasteiger partial charge in [0.15, 0.2) is 6.35 Å². The van der Waals surface area contributed by atoms with Crippen molar-refractivity contribution in [3.05, 3.63) is 95.7 Å². The van der Waals surface area contributed by atoms with Crippen molar-refractivity contribution in [3.63, 3.8) is 0 Å². The lowest BCUT2D eigenvalue weighted by molar-refractivity contribution is 0.149. The van der Waals surface area contributed by atoms with Crippen LogP contribution in [0, 0.1) is 0 Å². The highest BCUT2D eigenvalue weighted by Gasteiger charge is 2.35. The first-order valence-electron chi connectivity index (χ1n) is 13.4. The van der Waals surface area contributed by atoms with Crippen LogP contribution in [0.25, 0.3) is 5.57 Å². The predicted octanol–water partition coefficient (Wildman–Crippen LogP) is 7.29. The Morgan fingerprint density at radius 1 is 0.972 bits per heavy atom. The van der Waals surface area contributed by atoms with Crippen molar-refractivity contribution < 1.29 is 5.11 Å². The molecular weight excluding hydrogens is 442 g/mol. The normalized spacial score (nSPS) is 16.9. The van der Waals surface area contributed by atoms with E-state index in [-0.39, 0.29) is 5.54 Å².